The molecule has 0 aliphatic carbocycles. The van der Waals surface area contributed by atoms with Crippen molar-refractivity contribution in [3.63, 3.8) is 0 Å². The van der Waals surface area contributed by atoms with E-state index < -0.39 is 17.9 Å². The first-order valence-electron chi connectivity index (χ1n) is 2.82. The fraction of sp³-hybridized carbons (Fsp3) is 0.167. The molecule has 0 bridgehead atoms. The van der Waals surface area contributed by atoms with Gasteiger partial charge in [0.25, 0.3) is 0 Å². The molecule has 0 saturated heterocycles. The minimum Gasteiger partial charge on any atom is -0.478 e. The van der Waals surface area contributed by atoms with Crippen molar-refractivity contribution in [2.75, 3.05) is 5.75 Å². The van der Waals surface area contributed by atoms with Gasteiger partial charge >= 0.3 is 17.9 Å². The van der Waals surface area contributed by atoms with Crippen molar-refractivity contribution in [1.29, 1.82) is 0 Å². The molecule has 0 aliphatic rings. The number of carbonyl (C=O) groups is 3. The number of ether oxygens (including phenoxy) is 1. The van der Waals surface area contributed by atoms with Gasteiger partial charge in [-0.3, -0.25) is 4.79 Å². The van der Waals surface area contributed by atoms with Gasteiger partial charge in [0.15, 0.2) is 0 Å². The second-order valence-electron chi connectivity index (χ2n) is 1.62. The van der Waals surface area contributed by atoms with Gasteiger partial charge in [-0.2, -0.15) is 12.6 Å². The molecule has 0 spiro atoms. The normalized spacial score (nSPS) is 9.75. The van der Waals surface area contributed by atoms with Gasteiger partial charge in [-0.25, -0.2) is 9.59 Å². The highest BCUT2D eigenvalue weighted by molar-refractivity contribution is 7.81. The van der Waals surface area contributed by atoms with Crippen LogP contribution in [0.3, 0.4) is 0 Å². The molecule has 5 nitrogen and oxygen atoms in total. The lowest BCUT2D eigenvalue weighted by Gasteiger charge is -1.93. The Balaban J connectivity index is 3.90. The summed E-state index contributed by atoms with van der Waals surface area (Å²) in [5.74, 6) is -3.35. The lowest BCUT2D eigenvalue weighted by Crippen LogP contribution is -2.11. The van der Waals surface area contributed by atoms with Crippen LogP contribution in [0.2, 0.25) is 0 Å². The Bertz CT molecular complexity index is 232. The summed E-state index contributed by atoms with van der Waals surface area (Å²) in [5.41, 5.74) is 0. The first kappa shape index (κ1) is 10.7. The van der Waals surface area contributed by atoms with Crippen LogP contribution < -0.4 is 0 Å². The highest BCUT2D eigenvalue weighted by Gasteiger charge is 2.04. The Kier molecular flexibility index (Phi) is 4.78. The Labute approximate surface area is 73.4 Å². The monoisotopic (exact) mass is 190 g/mol. The molecule has 0 aromatic heterocycles. The van der Waals surface area contributed by atoms with E-state index in [9.17, 15) is 14.4 Å². The van der Waals surface area contributed by atoms with Gasteiger partial charge in [0.1, 0.15) is 0 Å². The number of carboxylic acids is 1. The van der Waals surface area contributed by atoms with E-state index in [0.717, 1.165) is 0 Å². The third-order valence-corrected chi connectivity index (χ3v) is 0.964. The predicted molar refractivity (Wildman–Crippen MR) is 41.7 cm³/mol. The summed E-state index contributed by atoms with van der Waals surface area (Å²) in [6, 6.07) is 0. The topological polar surface area (TPSA) is 80.7 Å². The van der Waals surface area contributed by atoms with E-state index in [1.165, 1.54) is 0 Å². The van der Waals surface area contributed by atoms with Crippen LogP contribution in [0.15, 0.2) is 12.2 Å². The first-order chi connectivity index (χ1) is 5.56. The van der Waals surface area contributed by atoms with Crippen molar-refractivity contribution in [3.05, 3.63) is 12.2 Å². The summed E-state index contributed by atoms with van der Waals surface area (Å²) < 4.78 is 4.05. The molecule has 0 rings (SSSR count). The van der Waals surface area contributed by atoms with E-state index in [1.54, 1.807) is 0 Å². The van der Waals surface area contributed by atoms with Crippen molar-refractivity contribution in [2.24, 2.45) is 0 Å². The van der Waals surface area contributed by atoms with E-state index in [-0.39, 0.29) is 5.75 Å². The molecule has 0 saturated carbocycles. The van der Waals surface area contributed by atoms with Gasteiger partial charge in [0, 0.05) is 12.2 Å². The van der Waals surface area contributed by atoms with Crippen LogP contribution in [0, 0.1) is 0 Å². The maximum atomic E-state index is 10.5. The molecular formula is C6H6O5S. The standard InChI is InChI=1S/C6H6O5S/c7-4(8)1-2-5(9)11-6(10)3-12/h1-2,12H,3H2,(H,7,8). The number of hydrogen-bond donors (Lipinski definition) is 2. The number of aliphatic carboxylic acids is 1. The van der Waals surface area contributed by atoms with Crippen LogP contribution in [0.4, 0.5) is 0 Å². The summed E-state index contributed by atoms with van der Waals surface area (Å²) in [6.45, 7) is 0. The molecule has 66 valence electrons. The van der Waals surface area contributed by atoms with E-state index in [2.05, 4.69) is 17.4 Å². The zero-order chi connectivity index (χ0) is 9.56. The average molecular weight is 190 g/mol. The molecule has 0 unspecified atom stereocenters. The number of carboxylic acid groups (broad SMARTS) is 1. The summed E-state index contributed by atoms with van der Waals surface area (Å²) in [7, 11) is 0. The molecule has 12 heavy (non-hydrogen) atoms. The van der Waals surface area contributed by atoms with Gasteiger partial charge in [0.05, 0.1) is 5.75 Å². The van der Waals surface area contributed by atoms with Crippen molar-refractivity contribution < 1.29 is 24.2 Å². The molecule has 0 radical (unpaired) electrons. The third-order valence-electron chi connectivity index (χ3n) is 0.706. The molecule has 6 heteroatoms. The van der Waals surface area contributed by atoms with Gasteiger partial charge in [-0.05, 0) is 0 Å². The van der Waals surface area contributed by atoms with Crippen molar-refractivity contribution >= 4 is 30.5 Å². The van der Waals surface area contributed by atoms with Crippen molar-refractivity contribution in [1.82, 2.24) is 0 Å². The fourth-order valence-corrected chi connectivity index (χ4v) is 0.382. The first-order valence-corrected chi connectivity index (χ1v) is 3.46. The van der Waals surface area contributed by atoms with Crippen molar-refractivity contribution in [2.45, 2.75) is 0 Å². The van der Waals surface area contributed by atoms with Crippen LogP contribution in [-0.4, -0.2) is 28.8 Å². The maximum absolute atomic E-state index is 10.5. The Morgan fingerprint density at radius 3 is 2.33 bits per heavy atom. The molecule has 0 amide bonds. The van der Waals surface area contributed by atoms with Gasteiger partial charge in [-0.15, -0.1) is 0 Å². The van der Waals surface area contributed by atoms with Crippen molar-refractivity contribution in [3.8, 4) is 0 Å². The highest BCUT2D eigenvalue weighted by Crippen LogP contribution is 1.85. The highest BCUT2D eigenvalue weighted by atomic mass is 32.1. The lowest BCUT2D eigenvalue weighted by atomic mass is 10.5. The van der Waals surface area contributed by atoms with Gasteiger partial charge in [0.2, 0.25) is 0 Å². The zero-order valence-electron chi connectivity index (χ0n) is 5.89. The second kappa shape index (κ2) is 5.36. The largest absolute Gasteiger partial charge is 0.478 e. The van der Waals surface area contributed by atoms with Crippen LogP contribution in [-0.2, 0) is 19.1 Å². The summed E-state index contributed by atoms with van der Waals surface area (Å²) in [4.78, 5) is 30.7. The van der Waals surface area contributed by atoms with Crippen LogP contribution in [0.25, 0.3) is 0 Å². The molecule has 0 heterocycles. The lowest BCUT2D eigenvalue weighted by molar-refractivity contribution is -0.154. The predicted octanol–water partition coefficient (Wildman–Crippen LogP) is -0.373. The van der Waals surface area contributed by atoms with Crippen LogP contribution >= 0.6 is 12.6 Å². The number of rotatable bonds is 3. The molecule has 0 aromatic rings. The SMILES string of the molecule is O=C(O)C=CC(=O)OC(=O)CS. The third kappa shape index (κ3) is 5.48. The van der Waals surface area contributed by atoms with E-state index in [0.29, 0.717) is 12.2 Å². The Morgan fingerprint density at radius 2 is 1.92 bits per heavy atom. The van der Waals surface area contributed by atoms with Crippen LogP contribution in [0.1, 0.15) is 0 Å². The van der Waals surface area contributed by atoms with E-state index >= 15 is 0 Å². The number of thiol groups is 1. The smallest absolute Gasteiger partial charge is 0.338 e. The molecule has 0 fully saturated rings. The maximum Gasteiger partial charge on any atom is 0.338 e. The average Bonchev–Trinajstić information content (AvgIpc) is 2.00. The number of hydrogen-bond acceptors (Lipinski definition) is 5. The molecular weight excluding hydrogens is 184 g/mol. The van der Waals surface area contributed by atoms with Gasteiger partial charge < -0.3 is 9.84 Å². The minimum atomic E-state index is -1.29. The van der Waals surface area contributed by atoms with E-state index in [4.69, 9.17) is 5.11 Å². The molecule has 1 N–H and O–H groups in total. The Morgan fingerprint density at radius 1 is 1.33 bits per heavy atom. The summed E-state index contributed by atoms with van der Waals surface area (Å²) >= 11 is 3.53. The summed E-state index contributed by atoms with van der Waals surface area (Å²) in [5, 5.41) is 8.06. The zero-order valence-corrected chi connectivity index (χ0v) is 6.78. The Hall–Kier alpha value is -1.30. The quantitative estimate of drug-likeness (QED) is 0.274. The number of esters is 2. The number of carbonyl (C=O) groups excluding carboxylic acids is 2. The molecule has 0 aromatic carbocycles. The van der Waals surface area contributed by atoms with Gasteiger partial charge in [-0.1, -0.05) is 0 Å². The van der Waals surface area contributed by atoms with Crippen LogP contribution in [0.5, 0.6) is 0 Å². The molecule has 0 atom stereocenters. The minimum absolute atomic E-state index is 0.230. The molecule has 0 aliphatic heterocycles. The summed E-state index contributed by atoms with van der Waals surface area (Å²) in [6.07, 6.45) is 1.22. The van der Waals surface area contributed by atoms with E-state index in [1.807, 2.05) is 0 Å². The fourth-order valence-electron chi connectivity index (χ4n) is 0.318. The second-order valence-corrected chi connectivity index (χ2v) is 1.94.